The number of halogens is 2. The maximum absolute atomic E-state index is 13.0. The van der Waals surface area contributed by atoms with Crippen molar-refractivity contribution in [3.05, 3.63) is 0 Å². The fraction of sp³-hybridized carbons (Fsp3) is 0.895. The Morgan fingerprint density at radius 3 is 2.41 bits per heavy atom. The van der Waals surface area contributed by atoms with Crippen LogP contribution >= 0.6 is 0 Å². The summed E-state index contributed by atoms with van der Waals surface area (Å²) in [5, 5.41) is 2.68. The maximum atomic E-state index is 13.0. The number of Topliss-reactive ketones (excluding diaryl/α,β-unsaturated/α-hetero) is 1. The molecule has 4 fully saturated rings. The van der Waals surface area contributed by atoms with Crippen molar-refractivity contribution >= 4 is 21.8 Å². The third kappa shape index (κ3) is 4.34. The Labute approximate surface area is 170 Å². The first-order chi connectivity index (χ1) is 13.3. The van der Waals surface area contributed by atoms with Crippen molar-refractivity contribution < 1.29 is 31.3 Å². The van der Waals surface area contributed by atoms with Crippen molar-refractivity contribution in [2.45, 2.75) is 64.3 Å². The molecule has 1 amide bonds. The number of carbonyl (C=O) groups is 2. The van der Waals surface area contributed by atoms with E-state index < -0.39 is 27.2 Å². The number of hydrogen-bond acceptors (Lipinski definition) is 5. The van der Waals surface area contributed by atoms with Crippen molar-refractivity contribution in [2.75, 3.05) is 25.4 Å². The summed E-state index contributed by atoms with van der Waals surface area (Å²) >= 11 is 0. The molecule has 2 aliphatic carbocycles. The van der Waals surface area contributed by atoms with E-state index in [0.717, 1.165) is 12.8 Å². The van der Waals surface area contributed by atoms with Gasteiger partial charge in [0.2, 0.25) is 5.91 Å². The van der Waals surface area contributed by atoms with E-state index in [0.29, 0.717) is 32.4 Å². The minimum absolute atomic E-state index is 0.0152. The lowest BCUT2D eigenvalue weighted by Crippen LogP contribution is -2.53. The summed E-state index contributed by atoms with van der Waals surface area (Å²) in [6.45, 7) is 4.77. The van der Waals surface area contributed by atoms with Crippen LogP contribution in [0.15, 0.2) is 0 Å². The number of nitrogens with zero attached hydrogens (tertiary/aromatic N) is 1. The Kier molecular flexibility index (Phi) is 5.86. The third-order valence-electron chi connectivity index (χ3n) is 7.42. The lowest BCUT2D eigenvalue weighted by Gasteiger charge is -2.35. The molecule has 166 valence electrons. The number of amides is 1. The Morgan fingerprint density at radius 1 is 1.28 bits per heavy atom. The van der Waals surface area contributed by atoms with Crippen molar-refractivity contribution in [3.8, 4) is 0 Å². The summed E-state index contributed by atoms with van der Waals surface area (Å²) in [5.74, 6) is -2.74. The molecule has 0 spiro atoms. The highest BCUT2D eigenvalue weighted by Crippen LogP contribution is 2.64. The molecule has 2 saturated heterocycles. The Bertz CT molecular complexity index is 785. The zero-order valence-corrected chi connectivity index (χ0v) is 17.7. The molecule has 2 heterocycles. The molecule has 0 aromatic rings. The SMILES string of the molecule is CC1(C)C2CC[C@@]1(CS(=O)(=O)O)C(=O)C2.O=C1CCCN1[C@H]1CNCC(F)(F)C1. The number of nitrogens with one attached hydrogen (secondary N) is 1. The van der Waals surface area contributed by atoms with E-state index in [4.69, 9.17) is 4.55 Å². The second kappa shape index (κ2) is 7.53. The monoisotopic (exact) mass is 436 g/mol. The maximum Gasteiger partial charge on any atom is 0.265 e. The van der Waals surface area contributed by atoms with E-state index in [1.54, 1.807) is 4.90 Å². The molecule has 0 aromatic carbocycles. The van der Waals surface area contributed by atoms with Gasteiger partial charge >= 0.3 is 0 Å². The van der Waals surface area contributed by atoms with Gasteiger partial charge in [-0.3, -0.25) is 14.1 Å². The predicted molar refractivity (Wildman–Crippen MR) is 102 cm³/mol. The van der Waals surface area contributed by atoms with Gasteiger partial charge in [0.1, 0.15) is 5.78 Å². The van der Waals surface area contributed by atoms with Gasteiger partial charge in [-0.05, 0) is 30.6 Å². The average molecular weight is 437 g/mol. The Hall–Kier alpha value is -1.13. The summed E-state index contributed by atoms with van der Waals surface area (Å²) in [6, 6.07) is -0.311. The normalized spacial score (nSPS) is 35.6. The molecule has 1 unspecified atom stereocenters. The van der Waals surface area contributed by atoms with Crippen LogP contribution in [0.5, 0.6) is 0 Å². The van der Waals surface area contributed by atoms with Gasteiger partial charge in [-0.15, -0.1) is 0 Å². The molecule has 4 rings (SSSR count). The highest BCUT2D eigenvalue weighted by Gasteiger charge is 2.65. The van der Waals surface area contributed by atoms with E-state index >= 15 is 0 Å². The van der Waals surface area contributed by atoms with Crippen LogP contribution in [0.2, 0.25) is 0 Å². The van der Waals surface area contributed by atoms with Crippen LogP contribution in [0.25, 0.3) is 0 Å². The van der Waals surface area contributed by atoms with Crippen LogP contribution in [0, 0.1) is 16.7 Å². The number of alkyl halides is 2. The molecule has 7 nitrogen and oxygen atoms in total. The van der Waals surface area contributed by atoms with Gasteiger partial charge in [-0.2, -0.15) is 8.42 Å². The summed E-state index contributed by atoms with van der Waals surface area (Å²) in [5.41, 5.74) is -1.12. The molecule has 0 radical (unpaired) electrons. The summed E-state index contributed by atoms with van der Waals surface area (Å²) in [4.78, 5) is 24.8. The zero-order chi connectivity index (χ0) is 21.7. The van der Waals surface area contributed by atoms with Gasteiger partial charge in [-0.25, -0.2) is 8.78 Å². The second-order valence-electron chi connectivity index (χ2n) is 9.43. The van der Waals surface area contributed by atoms with Crippen LogP contribution in [0.1, 0.15) is 52.4 Å². The molecule has 4 aliphatic rings. The van der Waals surface area contributed by atoms with Crippen molar-refractivity contribution in [2.24, 2.45) is 16.7 Å². The molecular formula is C19H30F2N2O5S. The molecule has 2 aliphatic heterocycles. The van der Waals surface area contributed by atoms with Crippen LogP contribution in [-0.4, -0.2) is 66.9 Å². The summed E-state index contributed by atoms with van der Waals surface area (Å²) in [6.07, 6.45) is 3.11. The van der Waals surface area contributed by atoms with Gasteiger partial charge in [0.15, 0.2) is 0 Å². The highest BCUT2D eigenvalue weighted by molar-refractivity contribution is 7.85. The largest absolute Gasteiger partial charge is 0.338 e. The molecule has 2 bridgehead atoms. The lowest BCUT2D eigenvalue weighted by molar-refractivity contribution is -0.132. The van der Waals surface area contributed by atoms with Gasteiger partial charge in [0.25, 0.3) is 16.0 Å². The highest BCUT2D eigenvalue weighted by atomic mass is 32.2. The minimum Gasteiger partial charge on any atom is -0.338 e. The van der Waals surface area contributed by atoms with Gasteiger partial charge < -0.3 is 10.2 Å². The fourth-order valence-corrected chi connectivity index (χ4v) is 6.91. The minimum atomic E-state index is -4.08. The number of hydrogen-bond donors (Lipinski definition) is 2. The van der Waals surface area contributed by atoms with Gasteiger partial charge in [0, 0.05) is 38.4 Å². The molecule has 2 N–H and O–H groups in total. The fourth-order valence-electron chi connectivity index (χ4n) is 5.61. The van der Waals surface area contributed by atoms with Crippen LogP contribution in [-0.2, 0) is 19.7 Å². The number of piperidine rings is 1. The molecular weight excluding hydrogens is 406 g/mol. The van der Waals surface area contributed by atoms with Crippen LogP contribution in [0.4, 0.5) is 8.78 Å². The van der Waals surface area contributed by atoms with E-state index in [9.17, 15) is 26.8 Å². The first-order valence-electron chi connectivity index (χ1n) is 10.1. The molecule has 0 aromatic heterocycles. The van der Waals surface area contributed by atoms with E-state index in [2.05, 4.69) is 5.32 Å². The second-order valence-corrected chi connectivity index (χ2v) is 10.9. The predicted octanol–water partition coefficient (Wildman–Crippen LogP) is 1.88. The average Bonchev–Trinajstić information content (AvgIpc) is 3.15. The summed E-state index contributed by atoms with van der Waals surface area (Å²) in [7, 11) is -4.08. The van der Waals surface area contributed by atoms with Crippen LogP contribution in [0.3, 0.4) is 0 Å². The van der Waals surface area contributed by atoms with E-state index in [-0.39, 0.29) is 42.0 Å². The Balaban J connectivity index is 0.000000166. The quantitative estimate of drug-likeness (QED) is 0.655. The van der Waals surface area contributed by atoms with Crippen molar-refractivity contribution in [3.63, 3.8) is 0 Å². The van der Waals surface area contributed by atoms with Crippen molar-refractivity contribution in [1.82, 2.24) is 10.2 Å². The smallest absolute Gasteiger partial charge is 0.265 e. The number of likely N-dealkylation sites (tertiary alicyclic amines) is 1. The standard InChI is InChI=1S/C10H16O4S.C9H14F2N2O/c1-9(2)7-3-4-10(9,8(11)5-7)6-15(12,13)14;10-9(11)4-7(5-12-6-9)13-3-1-2-8(13)14/h7H,3-6H2,1-2H3,(H,12,13,14);7,12H,1-6H2/t7?,10-;7-/m11/s1. The number of ketones is 1. The lowest BCUT2D eigenvalue weighted by atomic mass is 9.70. The first kappa shape index (κ1) is 22.6. The number of rotatable bonds is 3. The first-order valence-corrected chi connectivity index (χ1v) is 11.7. The van der Waals surface area contributed by atoms with Crippen molar-refractivity contribution in [1.29, 1.82) is 0 Å². The molecule has 10 heteroatoms. The topological polar surface area (TPSA) is 104 Å². The molecule has 29 heavy (non-hydrogen) atoms. The third-order valence-corrected chi connectivity index (χ3v) is 8.27. The Morgan fingerprint density at radius 2 is 1.97 bits per heavy atom. The van der Waals surface area contributed by atoms with Gasteiger partial charge in [-0.1, -0.05) is 13.8 Å². The number of fused-ring (bicyclic) bond motifs is 2. The molecule has 3 atom stereocenters. The summed E-state index contributed by atoms with van der Waals surface area (Å²) < 4.78 is 57.0. The van der Waals surface area contributed by atoms with Gasteiger partial charge in [0.05, 0.1) is 17.7 Å². The van der Waals surface area contributed by atoms with E-state index in [1.165, 1.54) is 0 Å². The molecule has 2 saturated carbocycles. The van der Waals surface area contributed by atoms with Crippen LogP contribution < -0.4 is 5.32 Å². The van der Waals surface area contributed by atoms with E-state index in [1.807, 2.05) is 13.8 Å². The zero-order valence-electron chi connectivity index (χ0n) is 16.9. The number of carbonyl (C=O) groups excluding carboxylic acids is 2.